The van der Waals surface area contributed by atoms with Crippen LogP contribution in [0, 0.1) is 5.92 Å². The van der Waals surface area contributed by atoms with Gasteiger partial charge in [-0.15, -0.1) is 0 Å². The van der Waals surface area contributed by atoms with Gasteiger partial charge in [-0.2, -0.15) is 0 Å². The van der Waals surface area contributed by atoms with Crippen LogP contribution in [0.1, 0.15) is 65.7 Å². The van der Waals surface area contributed by atoms with Gasteiger partial charge >= 0.3 is 0 Å². The fraction of sp³-hybridized carbons (Fsp3) is 0.955. The van der Waals surface area contributed by atoms with Gasteiger partial charge in [-0.25, -0.2) is 0 Å². The Hall–Kier alpha value is -0.470. The molecule has 0 saturated heterocycles. The van der Waals surface area contributed by atoms with Gasteiger partial charge < -0.3 is 29.5 Å². The minimum atomic E-state index is -0.565. The van der Waals surface area contributed by atoms with Crippen molar-refractivity contribution in [1.29, 1.82) is 0 Å². The predicted molar refractivity (Wildman–Crippen MR) is 122 cm³/mol. The van der Waals surface area contributed by atoms with Crippen LogP contribution in [0.2, 0.25) is 0 Å². The van der Waals surface area contributed by atoms with Crippen molar-refractivity contribution in [2.24, 2.45) is 5.92 Å². The molecule has 1 aliphatic rings. The topological polar surface area (TPSA) is 63.2 Å². The number of ether oxygens (including phenoxy) is 3. The summed E-state index contributed by atoms with van der Waals surface area (Å²) in [7, 11) is 3.80. The second-order valence-electron chi connectivity index (χ2n) is 8.24. The molecule has 29 heavy (non-hydrogen) atoms. The van der Waals surface area contributed by atoms with E-state index in [-0.39, 0.29) is 24.2 Å². The average Bonchev–Trinajstić information content (AvgIpc) is 2.69. The van der Waals surface area contributed by atoms with Gasteiger partial charge in [0.2, 0.25) is 0 Å². The van der Waals surface area contributed by atoms with Crippen molar-refractivity contribution in [2.75, 3.05) is 40.5 Å². The van der Waals surface area contributed by atoms with E-state index in [1.807, 2.05) is 19.0 Å². The van der Waals surface area contributed by atoms with Gasteiger partial charge in [-0.1, -0.05) is 40.0 Å². The van der Waals surface area contributed by atoms with Crippen LogP contribution in [0.3, 0.4) is 0 Å². The fourth-order valence-electron chi connectivity index (χ4n) is 3.53. The number of nitrogens with one attached hydrogen (secondary N) is 1. The molecule has 0 bridgehead atoms. The normalized spacial score (nSPS) is 27.0. The van der Waals surface area contributed by atoms with E-state index >= 15 is 0 Å². The lowest BCUT2D eigenvalue weighted by Crippen LogP contribution is -2.63. The summed E-state index contributed by atoms with van der Waals surface area (Å²) in [6, 6.07) is -0.291. The number of unbranched alkanes of at least 4 members (excludes halogenated alkanes) is 3. The maximum absolute atomic E-state index is 11.0. The minimum Gasteiger partial charge on any atom is -0.391 e. The molecule has 0 aromatic carbocycles. The Bertz CT molecular complexity index is 439. The predicted octanol–water partition coefficient (Wildman–Crippen LogP) is 3.36. The van der Waals surface area contributed by atoms with Gasteiger partial charge in [0.1, 0.15) is 6.10 Å². The monoisotopic (exact) mass is 432 g/mol. The fourth-order valence-corrected chi connectivity index (χ4v) is 3.67. The van der Waals surface area contributed by atoms with Crippen LogP contribution >= 0.6 is 12.2 Å². The average molecular weight is 433 g/mol. The second-order valence-corrected chi connectivity index (χ2v) is 8.63. The highest BCUT2D eigenvalue weighted by atomic mass is 32.1. The number of rotatable bonds is 14. The summed E-state index contributed by atoms with van der Waals surface area (Å²) in [4.78, 5) is 1.85. The van der Waals surface area contributed by atoms with E-state index in [2.05, 4.69) is 26.1 Å². The lowest BCUT2D eigenvalue weighted by atomic mass is 9.79. The lowest BCUT2D eigenvalue weighted by molar-refractivity contribution is -0.164. The van der Waals surface area contributed by atoms with Crippen LogP contribution in [-0.2, 0) is 14.2 Å². The van der Waals surface area contributed by atoms with Crippen molar-refractivity contribution in [3.8, 4) is 0 Å². The van der Waals surface area contributed by atoms with Crippen LogP contribution < -0.4 is 5.32 Å². The smallest absolute Gasteiger partial charge is 0.168 e. The summed E-state index contributed by atoms with van der Waals surface area (Å²) in [5, 5.41) is 14.9. The molecule has 1 aliphatic carbocycles. The maximum atomic E-state index is 11.0. The Labute approximate surface area is 183 Å². The Kier molecular flexibility index (Phi) is 14.1. The third-order valence-corrected chi connectivity index (χ3v) is 5.87. The summed E-state index contributed by atoms with van der Waals surface area (Å²) < 4.78 is 18.6. The van der Waals surface area contributed by atoms with E-state index in [1.54, 1.807) is 0 Å². The van der Waals surface area contributed by atoms with Crippen molar-refractivity contribution < 1.29 is 19.3 Å². The molecule has 7 heteroatoms. The molecule has 1 fully saturated rings. The molecule has 6 nitrogen and oxygen atoms in total. The highest BCUT2D eigenvalue weighted by Crippen LogP contribution is 2.31. The van der Waals surface area contributed by atoms with Crippen LogP contribution in [0.5, 0.6) is 0 Å². The summed E-state index contributed by atoms with van der Waals surface area (Å²) in [6.07, 6.45) is 5.97. The lowest BCUT2D eigenvalue weighted by Gasteiger charge is -2.45. The number of hydrogen-bond acceptors (Lipinski definition) is 5. The summed E-state index contributed by atoms with van der Waals surface area (Å²) in [5.74, 6) is 0.108. The third kappa shape index (κ3) is 9.47. The van der Waals surface area contributed by atoms with Gasteiger partial charge in [0.15, 0.2) is 5.11 Å². The Morgan fingerprint density at radius 2 is 1.52 bits per heavy atom. The SMILES string of the molecule is CCCCOC[C@H]1C[C@@H](O)[C@H](NC(=S)N(C)C)[C@@H](OCCCC)[C@@H]1OCCCC. The summed E-state index contributed by atoms with van der Waals surface area (Å²) in [6.45, 7) is 9.15. The second kappa shape index (κ2) is 15.3. The standard InChI is InChI=1S/C22H44N2O4S/c1-6-9-12-26-16-17-15-18(25)19(23-22(29)24(4)5)21(28-14-11-8-3)20(17)27-13-10-7-2/h17-21,25H,6-16H2,1-5H3,(H,23,29)/t17-,18-,19+,20-,21-/m1/s1. The molecule has 0 radical (unpaired) electrons. The maximum Gasteiger partial charge on any atom is 0.168 e. The van der Waals surface area contributed by atoms with Gasteiger partial charge in [0.25, 0.3) is 0 Å². The number of aliphatic hydroxyl groups excluding tert-OH is 1. The number of thiocarbonyl (C=S) groups is 1. The van der Waals surface area contributed by atoms with E-state index in [9.17, 15) is 5.11 Å². The Morgan fingerprint density at radius 1 is 0.966 bits per heavy atom. The number of nitrogens with zero attached hydrogens (tertiary/aromatic N) is 1. The molecular formula is C22H44N2O4S. The first-order chi connectivity index (χ1) is 14.0. The molecule has 172 valence electrons. The summed E-state index contributed by atoms with van der Waals surface area (Å²) >= 11 is 5.46. The van der Waals surface area contributed by atoms with E-state index in [0.717, 1.165) is 45.1 Å². The number of aliphatic hydroxyl groups is 1. The quantitative estimate of drug-likeness (QED) is 0.322. The minimum absolute atomic E-state index is 0.108. The largest absolute Gasteiger partial charge is 0.391 e. The molecule has 0 aromatic rings. The molecular weight excluding hydrogens is 388 g/mol. The molecule has 2 N–H and O–H groups in total. The van der Waals surface area contributed by atoms with Crippen molar-refractivity contribution >= 4 is 17.3 Å². The first kappa shape index (κ1) is 26.6. The van der Waals surface area contributed by atoms with Crippen molar-refractivity contribution in [3.05, 3.63) is 0 Å². The number of hydrogen-bond donors (Lipinski definition) is 2. The van der Waals surface area contributed by atoms with Crippen molar-refractivity contribution in [1.82, 2.24) is 10.2 Å². The molecule has 1 saturated carbocycles. The molecule has 0 aromatic heterocycles. The zero-order valence-electron chi connectivity index (χ0n) is 19.2. The molecule has 0 amide bonds. The van der Waals surface area contributed by atoms with Crippen molar-refractivity contribution in [2.45, 2.75) is 90.1 Å². The van der Waals surface area contributed by atoms with E-state index < -0.39 is 6.10 Å². The van der Waals surface area contributed by atoms with Gasteiger partial charge in [0, 0.05) is 39.8 Å². The van der Waals surface area contributed by atoms with Crippen LogP contribution in [0.4, 0.5) is 0 Å². The Morgan fingerprint density at radius 3 is 2.07 bits per heavy atom. The van der Waals surface area contributed by atoms with Gasteiger partial charge in [-0.05, 0) is 37.9 Å². The zero-order chi connectivity index (χ0) is 21.6. The summed E-state index contributed by atoms with van der Waals surface area (Å²) in [5.41, 5.74) is 0. The first-order valence-corrected chi connectivity index (χ1v) is 11.8. The van der Waals surface area contributed by atoms with Crippen LogP contribution in [-0.4, -0.2) is 80.0 Å². The van der Waals surface area contributed by atoms with E-state index in [4.69, 9.17) is 26.4 Å². The van der Waals surface area contributed by atoms with Crippen LogP contribution in [0.25, 0.3) is 0 Å². The molecule has 0 spiro atoms. The molecule has 5 atom stereocenters. The first-order valence-electron chi connectivity index (χ1n) is 11.4. The Balaban J connectivity index is 2.96. The zero-order valence-corrected chi connectivity index (χ0v) is 20.0. The molecule has 1 rings (SSSR count). The highest BCUT2D eigenvalue weighted by Gasteiger charge is 2.46. The molecule has 0 aliphatic heterocycles. The van der Waals surface area contributed by atoms with Gasteiger partial charge in [0.05, 0.1) is 24.9 Å². The van der Waals surface area contributed by atoms with Gasteiger partial charge in [-0.3, -0.25) is 0 Å². The van der Waals surface area contributed by atoms with Crippen molar-refractivity contribution in [3.63, 3.8) is 0 Å². The molecule has 0 unspecified atom stereocenters. The van der Waals surface area contributed by atoms with E-state index in [0.29, 0.717) is 31.4 Å². The van der Waals surface area contributed by atoms with E-state index in [1.165, 1.54) is 0 Å². The van der Waals surface area contributed by atoms with Crippen LogP contribution in [0.15, 0.2) is 0 Å². The highest BCUT2D eigenvalue weighted by molar-refractivity contribution is 7.80. The third-order valence-electron chi connectivity index (χ3n) is 5.39. The molecule has 0 heterocycles.